The van der Waals surface area contributed by atoms with E-state index in [2.05, 4.69) is 20.2 Å². The molecule has 5 rings (SSSR count). The minimum atomic E-state index is 0.341. The van der Waals surface area contributed by atoms with Gasteiger partial charge in [0.15, 0.2) is 0 Å². The van der Waals surface area contributed by atoms with Crippen LogP contribution in [0, 0.1) is 0 Å². The highest BCUT2D eigenvalue weighted by Crippen LogP contribution is 2.31. The number of fused-ring (bicyclic) bond motifs is 2. The molecule has 0 amide bonds. The molecule has 0 saturated carbocycles. The molecule has 0 atom stereocenters. The third-order valence-corrected chi connectivity index (χ3v) is 5.19. The van der Waals surface area contributed by atoms with E-state index in [4.69, 9.17) is 14.2 Å². The van der Waals surface area contributed by atoms with E-state index in [0.29, 0.717) is 34.7 Å². The number of rotatable bonds is 6. The average molecular weight is 408 g/mol. The van der Waals surface area contributed by atoms with Crippen molar-refractivity contribution in [3.05, 3.63) is 54.6 Å². The van der Waals surface area contributed by atoms with Gasteiger partial charge in [0.25, 0.3) is 5.19 Å². The van der Waals surface area contributed by atoms with Crippen LogP contribution in [0.25, 0.3) is 21.9 Å². The zero-order valence-corrected chi connectivity index (χ0v) is 16.5. The molecule has 5 heterocycles. The number of hydrogen-bond donors (Lipinski definition) is 0. The molecule has 0 saturated heterocycles. The normalized spacial score (nSPS) is 11.2. The summed E-state index contributed by atoms with van der Waals surface area (Å²) < 4.78 is 20.0. The Balaban J connectivity index is 1.52. The first-order chi connectivity index (χ1) is 14.2. The molecular formula is C19H16N6O3S. The van der Waals surface area contributed by atoms with E-state index in [0.717, 1.165) is 16.2 Å². The number of nitrogens with zero attached hydrogens (tertiary/aromatic N) is 6. The van der Waals surface area contributed by atoms with Gasteiger partial charge in [0.2, 0.25) is 4.96 Å². The SMILES string of the molecule is COc1cc(OCc2ccccn2)c2cc(-c3cn4nc(OC)sc4n3)nn2c1. The Morgan fingerprint density at radius 2 is 1.93 bits per heavy atom. The van der Waals surface area contributed by atoms with Crippen molar-refractivity contribution in [1.82, 2.24) is 29.2 Å². The Hall–Kier alpha value is -3.66. The molecule has 5 aromatic heterocycles. The van der Waals surface area contributed by atoms with E-state index in [1.165, 1.54) is 11.3 Å². The molecule has 0 fully saturated rings. The summed E-state index contributed by atoms with van der Waals surface area (Å²) >= 11 is 1.37. The first-order valence-corrected chi connectivity index (χ1v) is 9.56. The van der Waals surface area contributed by atoms with Crippen LogP contribution in [0.3, 0.4) is 0 Å². The van der Waals surface area contributed by atoms with Gasteiger partial charge in [0, 0.05) is 12.3 Å². The number of methoxy groups -OCH3 is 2. The van der Waals surface area contributed by atoms with Gasteiger partial charge in [0.1, 0.15) is 35.0 Å². The fourth-order valence-electron chi connectivity index (χ4n) is 2.91. The summed E-state index contributed by atoms with van der Waals surface area (Å²) in [5, 5.41) is 9.50. The van der Waals surface area contributed by atoms with Gasteiger partial charge in [-0.3, -0.25) is 4.98 Å². The first-order valence-electron chi connectivity index (χ1n) is 8.74. The van der Waals surface area contributed by atoms with Crippen LogP contribution < -0.4 is 14.2 Å². The number of aromatic nitrogens is 6. The van der Waals surface area contributed by atoms with Crippen molar-refractivity contribution >= 4 is 21.8 Å². The Morgan fingerprint density at radius 3 is 2.69 bits per heavy atom. The number of pyridine rings is 2. The quantitative estimate of drug-likeness (QED) is 0.427. The van der Waals surface area contributed by atoms with Crippen LogP contribution in [0.2, 0.25) is 0 Å². The summed E-state index contributed by atoms with van der Waals surface area (Å²) in [5.41, 5.74) is 3.06. The van der Waals surface area contributed by atoms with Crippen LogP contribution >= 0.6 is 11.3 Å². The molecule has 0 aliphatic heterocycles. The summed E-state index contributed by atoms with van der Waals surface area (Å²) in [4.78, 5) is 9.62. The Bertz CT molecular complexity index is 1260. The highest BCUT2D eigenvalue weighted by molar-refractivity contribution is 7.18. The maximum Gasteiger partial charge on any atom is 0.294 e. The highest BCUT2D eigenvalue weighted by Gasteiger charge is 2.16. The van der Waals surface area contributed by atoms with Gasteiger partial charge in [0.05, 0.1) is 32.3 Å². The van der Waals surface area contributed by atoms with E-state index in [1.807, 2.05) is 36.5 Å². The highest BCUT2D eigenvalue weighted by atomic mass is 32.1. The number of imidazole rings is 1. The molecule has 0 N–H and O–H groups in total. The summed E-state index contributed by atoms with van der Waals surface area (Å²) in [6.07, 6.45) is 5.36. The Morgan fingerprint density at radius 1 is 1.00 bits per heavy atom. The summed E-state index contributed by atoms with van der Waals surface area (Å²) in [6.45, 7) is 0.341. The van der Waals surface area contributed by atoms with Crippen LogP contribution in [0.5, 0.6) is 16.7 Å². The second-order valence-electron chi connectivity index (χ2n) is 6.14. The fraction of sp³-hybridized carbons (Fsp3) is 0.158. The first kappa shape index (κ1) is 17.4. The van der Waals surface area contributed by atoms with Crippen molar-refractivity contribution in [3.63, 3.8) is 0 Å². The molecule has 29 heavy (non-hydrogen) atoms. The minimum absolute atomic E-state index is 0.341. The van der Waals surface area contributed by atoms with Gasteiger partial charge in [-0.15, -0.1) is 5.10 Å². The van der Waals surface area contributed by atoms with E-state index < -0.39 is 0 Å². The van der Waals surface area contributed by atoms with Gasteiger partial charge < -0.3 is 14.2 Å². The standard InChI is InChI=1S/C19H16N6O3S/c1-26-13-7-17(28-11-12-5-3-4-6-20-12)16-8-14(22-24(16)9-13)15-10-25-18(21-15)29-19(23-25)27-2/h3-10H,11H2,1-2H3. The Labute approximate surface area is 169 Å². The molecule has 0 aliphatic carbocycles. The third-order valence-electron chi connectivity index (χ3n) is 4.31. The maximum absolute atomic E-state index is 6.02. The maximum atomic E-state index is 6.02. The smallest absolute Gasteiger partial charge is 0.294 e. The molecule has 0 unspecified atom stereocenters. The molecule has 146 valence electrons. The minimum Gasteiger partial charge on any atom is -0.495 e. The van der Waals surface area contributed by atoms with Crippen LogP contribution in [-0.2, 0) is 6.61 Å². The van der Waals surface area contributed by atoms with Gasteiger partial charge in [-0.05, 0) is 29.5 Å². The third kappa shape index (κ3) is 3.23. The topological polar surface area (TPSA) is 88.1 Å². The van der Waals surface area contributed by atoms with E-state index in [9.17, 15) is 0 Å². The van der Waals surface area contributed by atoms with Crippen molar-refractivity contribution in [2.75, 3.05) is 14.2 Å². The largest absolute Gasteiger partial charge is 0.495 e. The molecule has 9 nitrogen and oxygen atoms in total. The summed E-state index contributed by atoms with van der Waals surface area (Å²) in [5.74, 6) is 1.29. The molecule has 10 heteroatoms. The fourth-order valence-corrected chi connectivity index (χ4v) is 3.61. The lowest BCUT2D eigenvalue weighted by molar-refractivity contribution is 0.301. The average Bonchev–Trinajstić information content (AvgIpc) is 3.44. The van der Waals surface area contributed by atoms with Crippen LogP contribution in [0.1, 0.15) is 5.69 Å². The molecule has 0 aliphatic rings. The summed E-state index contributed by atoms with van der Waals surface area (Å²) in [7, 11) is 3.19. The lowest BCUT2D eigenvalue weighted by atomic mass is 10.3. The van der Waals surface area contributed by atoms with Crippen molar-refractivity contribution in [1.29, 1.82) is 0 Å². The van der Waals surface area contributed by atoms with E-state index >= 15 is 0 Å². The molecule has 0 aromatic carbocycles. The number of ether oxygens (including phenoxy) is 3. The van der Waals surface area contributed by atoms with Crippen molar-refractivity contribution < 1.29 is 14.2 Å². The lowest BCUT2D eigenvalue weighted by Gasteiger charge is -2.09. The Kier molecular flexibility index (Phi) is 4.24. The van der Waals surface area contributed by atoms with E-state index in [1.54, 1.807) is 35.6 Å². The second-order valence-corrected chi connectivity index (χ2v) is 7.06. The van der Waals surface area contributed by atoms with Crippen molar-refractivity contribution in [2.24, 2.45) is 0 Å². The molecule has 0 radical (unpaired) electrons. The van der Waals surface area contributed by atoms with Gasteiger partial charge >= 0.3 is 0 Å². The van der Waals surface area contributed by atoms with Crippen molar-refractivity contribution in [2.45, 2.75) is 6.61 Å². The predicted molar refractivity (Wildman–Crippen MR) is 107 cm³/mol. The second kappa shape index (κ2) is 7.06. The monoisotopic (exact) mass is 408 g/mol. The van der Waals surface area contributed by atoms with Gasteiger partial charge in [-0.1, -0.05) is 6.07 Å². The molecule has 5 aromatic rings. The molecular weight excluding hydrogens is 392 g/mol. The van der Waals surface area contributed by atoms with Crippen LogP contribution in [-0.4, -0.2) is 43.4 Å². The van der Waals surface area contributed by atoms with E-state index in [-0.39, 0.29) is 0 Å². The predicted octanol–water partition coefficient (Wildman–Crippen LogP) is 3.10. The van der Waals surface area contributed by atoms with Gasteiger partial charge in [-0.25, -0.2) is 14.0 Å². The molecule has 0 bridgehead atoms. The number of hydrogen-bond acceptors (Lipinski definition) is 8. The summed E-state index contributed by atoms with van der Waals surface area (Å²) in [6, 6.07) is 9.48. The lowest BCUT2D eigenvalue weighted by Crippen LogP contribution is -2.00. The van der Waals surface area contributed by atoms with Crippen LogP contribution in [0.15, 0.2) is 48.9 Å². The molecule has 0 spiro atoms. The van der Waals surface area contributed by atoms with Gasteiger partial charge in [-0.2, -0.15) is 5.10 Å². The van der Waals surface area contributed by atoms with Crippen LogP contribution in [0.4, 0.5) is 0 Å². The van der Waals surface area contributed by atoms with Crippen molar-refractivity contribution in [3.8, 4) is 28.1 Å². The zero-order valence-electron chi connectivity index (χ0n) is 15.6. The zero-order chi connectivity index (χ0) is 19.8.